The molecule has 4 aliphatic rings. The number of carbonyl (C=O) groups excluding carboxylic acids is 3. The second kappa shape index (κ2) is 15.1. The Hall–Kier alpha value is -4.03. The molecule has 2 N–H and O–H groups in total. The summed E-state index contributed by atoms with van der Waals surface area (Å²) in [6.07, 6.45) is 7.54. The van der Waals surface area contributed by atoms with Crippen molar-refractivity contribution in [2.24, 2.45) is 10.9 Å². The lowest BCUT2D eigenvalue weighted by molar-refractivity contribution is -0.122. The van der Waals surface area contributed by atoms with E-state index < -0.39 is 0 Å². The number of amides is 3. The molecule has 12 heteroatoms. The minimum Gasteiger partial charge on any atom is -0.493 e. The number of nitrogens with one attached hydrogen (secondary N) is 2. The van der Waals surface area contributed by atoms with Gasteiger partial charge in [0.15, 0.2) is 11.5 Å². The first-order valence-electron chi connectivity index (χ1n) is 17.9. The van der Waals surface area contributed by atoms with Crippen LogP contribution in [0, 0.1) is 5.92 Å². The van der Waals surface area contributed by atoms with Crippen LogP contribution in [-0.2, 0) is 16.1 Å². The first kappa shape index (κ1) is 34.4. The Labute approximate surface area is 297 Å². The third-order valence-electron chi connectivity index (χ3n) is 10.5. The van der Waals surface area contributed by atoms with Gasteiger partial charge in [0.1, 0.15) is 11.3 Å². The highest BCUT2D eigenvalue weighted by molar-refractivity contribution is 7.99. The van der Waals surface area contributed by atoms with E-state index in [2.05, 4.69) is 26.6 Å². The van der Waals surface area contributed by atoms with Gasteiger partial charge in [-0.25, -0.2) is 0 Å². The van der Waals surface area contributed by atoms with E-state index >= 15 is 0 Å². The maximum Gasteiger partial charge on any atom is 0.256 e. The molecule has 1 saturated carbocycles. The van der Waals surface area contributed by atoms with Gasteiger partial charge >= 0.3 is 0 Å². The summed E-state index contributed by atoms with van der Waals surface area (Å²) in [6.45, 7) is 6.05. The summed E-state index contributed by atoms with van der Waals surface area (Å²) in [6, 6.07) is 11.5. The second-order valence-electron chi connectivity index (χ2n) is 14.1. The smallest absolute Gasteiger partial charge is 0.256 e. The van der Waals surface area contributed by atoms with Crippen LogP contribution in [0.3, 0.4) is 0 Å². The van der Waals surface area contributed by atoms with E-state index in [-0.39, 0.29) is 35.2 Å². The zero-order valence-electron chi connectivity index (χ0n) is 29.0. The van der Waals surface area contributed by atoms with Crippen LogP contribution in [0.1, 0.15) is 74.4 Å². The molecule has 1 aromatic heterocycles. The van der Waals surface area contributed by atoms with Crippen molar-refractivity contribution in [1.29, 1.82) is 0 Å². The summed E-state index contributed by atoms with van der Waals surface area (Å²) in [5.74, 6) is 4.11. The van der Waals surface area contributed by atoms with E-state index in [1.807, 2.05) is 48.0 Å². The van der Waals surface area contributed by atoms with Crippen molar-refractivity contribution in [1.82, 2.24) is 15.1 Å². The number of carbonyl (C=O) groups is 3. The third kappa shape index (κ3) is 7.66. The molecule has 0 spiro atoms. The number of furan rings is 1. The number of rotatable bonds is 11. The number of benzene rings is 2. The molecule has 3 fully saturated rings. The third-order valence-corrected chi connectivity index (χ3v) is 11.5. The number of aliphatic imine (C=N–C) groups is 1. The van der Waals surface area contributed by atoms with Crippen molar-refractivity contribution in [3.05, 3.63) is 47.7 Å². The molecule has 7 rings (SSSR count). The van der Waals surface area contributed by atoms with Crippen LogP contribution in [-0.4, -0.2) is 90.2 Å². The van der Waals surface area contributed by atoms with Crippen LogP contribution >= 0.6 is 11.8 Å². The minimum absolute atomic E-state index is 0.0155. The quantitative estimate of drug-likeness (QED) is 0.228. The fourth-order valence-electron chi connectivity index (χ4n) is 7.59. The number of methoxy groups -OCH3 is 1. The van der Waals surface area contributed by atoms with Gasteiger partial charge in [-0.1, -0.05) is 0 Å². The highest BCUT2D eigenvalue weighted by Gasteiger charge is 2.41. The van der Waals surface area contributed by atoms with Crippen LogP contribution in [0.5, 0.6) is 11.5 Å². The lowest BCUT2D eigenvalue weighted by Gasteiger charge is -2.30. The van der Waals surface area contributed by atoms with Crippen LogP contribution in [0.2, 0.25) is 0 Å². The van der Waals surface area contributed by atoms with Crippen LogP contribution in [0.15, 0.2) is 45.8 Å². The Bertz CT molecular complexity index is 1760. The monoisotopic (exact) mass is 701 g/mol. The molecule has 3 aromatic rings. The SMILES string of the molecule is COc1cc2c(cc1OCCCC(=O)N[C@H]1CC[C@H](C(=O)Nc3ccc4cc(CN5CCSCC5)oc4c3)CC1)N=C[C@]1(C)CCCN1C2=O. The average Bonchev–Trinajstić information content (AvgIpc) is 3.69. The van der Waals surface area contributed by atoms with E-state index in [4.69, 9.17) is 13.9 Å². The zero-order chi connectivity index (χ0) is 34.7. The molecule has 11 nitrogen and oxygen atoms in total. The normalized spacial score (nSPS) is 23.6. The molecule has 2 saturated heterocycles. The Morgan fingerprint density at radius 3 is 2.68 bits per heavy atom. The van der Waals surface area contributed by atoms with Crippen LogP contribution in [0.4, 0.5) is 11.4 Å². The predicted molar refractivity (Wildman–Crippen MR) is 196 cm³/mol. The molecule has 0 radical (unpaired) electrons. The molecule has 4 heterocycles. The van der Waals surface area contributed by atoms with Gasteiger partial charge in [-0.05, 0) is 76.1 Å². The first-order chi connectivity index (χ1) is 24.3. The number of anilines is 1. The molecule has 3 aliphatic heterocycles. The Morgan fingerprint density at radius 2 is 1.88 bits per heavy atom. The van der Waals surface area contributed by atoms with Crippen LogP contribution in [0.25, 0.3) is 11.0 Å². The van der Waals surface area contributed by atoms with Crippen molar-refractivity contribution >= 4 is 58.0 Å². The highest BCUT2D eigenvalue weighted by atomic mass is 32.2. The van der Waals surface area contributed by atoms with Gasteiger partial charge in [0.2, 0.25) is 11.8 Å². The molecule has 0 unspecified atom stereocenters. The molecule has 0 bridgehead atoms. The summed E-state index contributed by atoms with van der Waals surface area (Å²) in [5, 5.41) is 7.28. The Morgan fingerprint density at radius 1 is 1.06 bits per heavy atom. The highest BCUT2D eigenvalue weighted by Crippen LogP contribution is 2.40. The number of thioether (sulfide) groups is 1. The van der Waals surface area contributed by atoms with Crippen molar-refractivity contribution < 1.29 is 28.3 Å². The lowest BCUT2D eigenvalue weighted by Crippen LogP contribution is -2.45. The lowest BCUT2D eigenvalue weighted by atomic mass is 9.85. The van der Waals surface area contributed by atoms with Crippen molar-refractivity contribution in [2.45, 2.75) is 76.4 Å². The number of ether oxygens (including phenoxy) is 2. The predicted octanol–water partition coefficient (Wildman–Crippen LogP) is 6.17. The van der Waals surface area contributed by atoms with Gasteiger partial charge in [-0.15, -0.1) is 0 Å². The average molecular weight is 702 g/mol. The molecule has 1 atom stereocenters. The molecule has 2 aromatic carbocycles. The van der Waals surface area contributed by atoms with Gasteiger partial charge in [0.25, 0.3) is 5.91 Å². The fourth-order valence-corrected chi connectivity index (χ4v) is 8.57. The summed E-state index contributed by atoms with van der Waals surface area (Å²) in [7, 11) is 1.55. The van der Waals surface area contributed by atoms with E-state index in [0.717, 1.165) is 92.1 Å². The van der Waals surface area contributed by atoms with Gasteiger partial charge in [0, 0.05) is 78.9 Å². The zero-order valence-corrected chi connectivity index (χ0v) is 29.8. The Balaban J connectivity index is 0.838. The molecule has 266 valence electrons. The molecular formula is C38H47N5O6S. The summed E-state index contributed by atoms with van der Waals surface area (Å²) in [5.41, 5.74) is 2.23. The molecule has 50 heavy (non-hydrogen) atoms. The standard InChI is InChI=1S/C38H47N5O6S/c1-38-12-4-13-43(38)37(46)30-21-33(47-2)34(22-31(30)39-24-38)48-16-3-5-35(44)40-27-9-6-25(7-10-27)36(45)41-28-11-8-26-19-29(49-32(26)20-28)23-42-14-17-50-18-15-42/h8,11,19-22,24-25,27H,3-7,9-10,12-18,23H2,1-2H3,(H,40,44)(H,41,45)/t25-,27-,38-/m0/s1. The second-order valence-corrected chi connectivity index (χ2v) is 15.3. The largest absolute Gasteiger partial charge is 0.493 e. The molecule has 3 amide bonds. The van der Waals surface area contributed by atoms with Crippen molar-refractivity contribution in [2.75, 3.05) is 50.2 Å². The number of hydrogen-bond acceptors (Lipinski definition) is 9. The van der Waals surface area contributed by atoms with Gasteiger partial charge in [-0.2, -0.15) is 11.8 Å². The number of fused-ring (bicyclic) bond motifs is 3. The summed E-state index contributed by atoms with van der Waals surface area (Å²) in [4.78, 5) is 48.1. The van der Waals surface area contributed by atoms with E-state index in [9.17, 15) is 14.4 Å². The van der Waals surface area contributed by atoms with Gasteiger partial charge < -0.3 is 29.4 Å². The fraction of sp³-hybridized carbons (Fsp3) is 0.526. The van der Waals surface area contributed by atoms with Crippen LogP contribution < -0.4 is 20.1 Å². The molecular weight excluding hydrogens is 655 g/mol. The molecule has 1 aliphatic carbocycles. The van der Waals surface area contributed by atoms with Gasteiger partial charge in [-0.3, -0.25) is 24.3 Å². The Kier molecular flexibility index (Phi) is 10.4. The van der Waals surface area contributed by atoms with E-state index in [1.165, 1.54) is 0 Å². The topological polar surface area (TPSA) is 126 Å². The maximum atomic E-state index is 13.3. The maximum absolute atomic E-state index is 13.3. The van der Waals surface area contributed by atoms with Crippen molar-refractivity contribution in [3.63, 3.8) is 0 Å². The minimum atomic E-state index is -0.379. The van der Waals surface area contributed by atoms with Gasteiger partial charge in [0.05, 0.1) is 37.1 Å². The summed E-state index contributed by atoms with van der Waals surface area (Å²) >= 11 is 2.00. The van der Waals surface area contributed by atoms with E-state index in [1.54, 1.807) is 19.2 Å². The number of nitrogens with zero attached hydrogens (tertiary/aromatic N) is 3. The van der Waals surface area contributed by atoms with Crippen molar-refractivity contribution in [3.8, 4) is 11.5 Å². The summed E-state index contributed by atoms with van der Waals surface area (Å²) < 4.78 is 17.7. The van der Waals surface area contributed by atoms with E-state index in [0.29, 0.717) is 48.7 Å². The number of hydrogen-bond donors (Lipinski definition) is 2. The first-order valence-corrected chi connectivity index (χ1v) is 19.1.